The third-order valence-electron chi connectivity index (χ3n) is 3.15. The largest absolute Gasteiger partial charge is 0.412 e. The predicted octanol–water partition coefficient (Wildman–Crippen LogP) is -3.38. The Morgan fingerprint density at radius 3 is 2.26 bits per heavy atom. The molecule has 10 heteroatoms. The number of benzene rings is 1. The van der Waals surface area contributed by atoms with Crippen molar-refractivity contribution in [3.05, 3.63) is 29.8 Å². The van der Waals surface area contributed by atoms with E-state index in [0.29, 0.717) is 0 Å². The van der Waals surface area contributed by atoms with Gasteiger partial charge in [0.25, 0.3) is 0 Å². The van der Waals surface area contributed by atoms with Crippen molar-refractivity contribution in [1.29, 1.82) is 0 Å². The van der Waals surface area contributed by atoms with Crippen molar-refractivity contribution in [2.45, 2.75) is 31.3 Å². The standard InChI is InChI=1S/C7H7.C6H10O7.2H2O.Sb/c1-7-5-3-2-4-6-7;7-1-2(8)3(9)4(10)5(11)6(12)13;;;/h3-6H,1H3;2-5,7,10-11H,1H2,(H,12,13);2*1H2;/q;-2;;;+2. The minimum atomic E-state index is -2.83. The topological polar surface area (TPSA) is 179 Å². The average Bonchev–Trinajstić information content (AvgIpc) is 2.90. The molecule has 0 spiro atoms. The van der Waals surface area contributed by atoms with Crippen molar-refractivity contribution in [1.82, 2.24) is 0 Å². The summed E-state index contributed by atoms with van der Waals surface area (Å²) in [5.74, 6) is -1.55. The van der Waals surface area contributed by atoms with Crippen LogP contribution >= 0.6 is 0 Å². The minimum Gasteiger partial charge on any atom is -0.412 e. The van der Waals surface area contributed by atoms with Gasteiger partial charge in [-0.2, -0.15) is 0 Å². The van der Waals surface area contributed by atoms with E-state index in [1.54, 1.807) is 0 Å². The number of aliphatic carboxylic acids is 1. The Hall–Kier alpha value is -0.772. The maximum absolute atomic E-state index is 10.7. The summed E-state index contributed by atoms with van der Waals surface area (Å²) >= 11 is -2.83. The SMILES string of the molecule is Cc1cc[c]([Sb]2[O]C(CO)C(C(O)C(O)C(=O)O)[O]2)cc1.O.O. The quantitative estimate of drug-likeness (QED) is 0.343. The van der Waals surface area contributed by atoms with Gasteiger partial charge in [0.1, 0.15) is 0 Å². The van der Waals surface area contributed by atoms with Gasteiger partial charge in [-0.15, -0.1) is 0 Å². The zero-order valence-electron chi connectivity index (χ0n) is 12.3. The molecule has 9 nitrogen and oxygen atoms in total. The molecule has 1 heterocycles. The molecule has 1 fully saturated rings. The molecule has 0 saturated carbocycles. The number of carbonyl (C=O) groups is 1. The zero-order valence-corrected chi connectivity index (χ0v) is 14.8. The van der Waals surface area contributed by atoms with Gasteiger partial charge in [-0.25, -0.2) is 0 Å². The molecule has 1 aliphatic rings. The third-order valence-corrected chi connectivity index (χ3v) is 7.77. The van der Waals surface area contributed by atoms with Gasteiger partial charge in [0, 0.05) is 0 Å². The molecular formula is C13H21O9Sb. The summed E-state index contributed by atoms with van der Waals surface area (Å²) in [6.07, 6.45) is -5.52. The Kier molecular flexibility index (Phi) is 9.19. The molecule has 0 radical (unpaired) electrons. The normalized spacial score (nSPS) is 23.5. The summed E-state index contributed by atoms with van der Waals surface area (Å²) in [6, 6.07) is 7.51. The fraction of sp³-hybridized carbons (Fsp3) is 0.462. The van der Waals surface area contributed by atoms with Gasteiger partial charge in [0.05, 0.1) is 0 Å². The van der Waals surface area contributed by atoms with Gasteiger partial charge >= 0.3 is 130 Å². The van der Waals surface area contributed by atoms with E-state index < -0.39 is 58.0 Å². The number of aliphatic hydroxyl groups excluding tert-OH is 3. The Morgan fingerprint density at radius 1 is 1.22 bits per heavy atom. The first-order valence-electron chi connectivity index (χ1n) is 6.34. The summed E-state index contributed by atoms with van der Waals surface area (Å²) in [7, 11) is 0. The first-order chi connectivity index (χ1) is 9.93. The second-order valence-corrected chi connectivity index (χ2v) is 8.91. The van der Waals surface area contributed by atoms with E-state index in [4.69, 9.17) is 11.1 Å². The van der Waals surface area contributed by atoms with Crippen LogP contribution in [0.15, 0.2) is 24.3 Å². The molecule has 0 amide bonds. The molecule has 0 aliphatic carbocycles. The molecule has 0 aromatic heterocycles. The van der Waals surface area contributed by atoms with E-state index in [0.717, 1.165) is 9.07 Å². The van der Waals surface area contributed by atoms with Crippen molar-refractivity contribution in [3.63, 3.8) is 0 Å². The zero-order chi connectivity index (χ0) is 15.6. The van der Waals surface area contributed by atoms with Crippen LogP contribution in [0.3, 0.4) is 0 Å². The summed E-state index contributed by atoms with van der Waals surface area (Å²) in [5.41, 5.74) is 1.08. The maximum atomic E-state index is 10.7. The van der Waals surface area contributed by atoms with E-state index in [-0.39, 0.29) is 11.0 Å². The summed E-state index contributed by atoms with van der Waals surface area (Å²) in [5, 5.41) is 37.3. The van der Waals surface area contributed by atoms with E-state index in [2.05, 4.69) is 0 Å². The number of carboxylic acid groups (broad SMARTS) is 1. The second-order valence-electron chi connectivity index (χ2n) is 4.76. The minimum absolute atomic E-state index is 0. The molecule has 4 unspecified atom stereocenters. The molecule has 8 N–H and O–H groups in total. The van der Waals surface area contributed by atoms with Crippen LogP contribution in [0.5, 0.6) is 0 Å². The third kappa shape index (κ3) is 5.10. The van der Waals surface area contributed by atoms with Gasteiger partial charge in [0.15, 0.2) is 0 Å². The van der Waals surface area contributed by atoms with Crippen LogP contribution < -0.4 is 3.51 Å². The number of hydrogen-bond donors (Lipinski definition) is 4. The van der Waals surface area contributed by atoms with Crippen LogP contribution in [0, 0.1) is 6.92 Å². The molecule has 1 aromatic rings. The number of rotatable bonds is 5. The van der Waals surface area contributed by atoms with E-state index >= 15 is 0 Å². The molecule has 132 valence electrons. The monoisotopic (exact) mass is 442 g/mol. The van der Waals surface area contributed by atoms with E-state index in [9.17, 15) is 20.1 Å². The van der Waals surface area contributed by atoms with Crippen molar-refractivity contribution in [2.75, 3.05) is 6.61 Å². The van der Waals surface area contributed by atoms with Crippen LogP contribution in [-0.2, 0) is 10.8 Å². The molecular weight excluding hydrogens is 422 g/mol. The van der Waals surface area contributed by atoms with Crippen LogP contribution in [0.4, 0.5) is 0 Å². The fourth-order valence-corrected chi connectivity index (χ4v) is 6.49. The number of hydrogen-bond acceptors (Lipinski definition) is 6. The van der Waals surface area contributed by atoms with Gasteiger partial charge in [-0.05, 0) is 0 Å². The predicted molar refractivity (Wildman–Crippen MR) is 80.3 cm³/mol. The molecule has 4 atom stereocenters. The molecule has 2 rings (SSSR count). The van der Waals surface area contributed by atoms with Crippen molar-refractivity contribution >= 4 is 30.5 Å². The average molecular weight is 443 g/mol. The first kappa shape index (κ1) is 22.2. The Labute approximate surface area is 140 Å². The molecule has 1 saturated heterocycles. The Bertz CT molecular complexity index is 495. The van der Waals surface area contributed by atoms with Crippen molar-refractivity contribution in [2.24, 2.45) is 0 Å². The van der Waals surface area contributed by atoms with E-state index in [1.165, 1.54) is 0 Å². The summed E-state index contributed by atoms with van der Waals surface area (Å²) in [6.45, 7) is 1.53. The van der Waals surface area contributed by atoms with E-state index in [1.807, 2.05) is 31.2 Å². The van der Waals surface area contributed by atoms with Crippen LogP contribution in [0.2, 0.25) is 0 Å². The van der Waals surface area contributed by atoms with Crippen LogP contribution in [0.25, 0.3) is 0 Å². The molecule has 23 heavy (non-hydrogen) atoms. The summed E-state index contributed by atoms with van der Waals surface area (Å²) < 4.78 is 12.2. The van der Waals surface area contributed by atoms with Gasteiger partial charge < -0.3 is 11.0 Å². The molecule has 0 bridgehead atoms. The Balaban J connectivity index is 0.00000242. The number of aryl methyl sites for hydroxylation is 1. The van der Waals surface area contributed by atoms with Crippen molar-refractivity contribution in [3.8, 4) is 0 Å². The van der Waals surface area contributed by atoms with Crippen LogP contribution in [-0.4, -0.2) is 89.4 Å². The maximum Gasteiger partial charge on any atom is -0.412 e. The fourth-order valence-electron chi connectivity index (χ4n) is 1.92. The van der Waals surface area contributed by atoms with Gasteiger partial charge in [-0.3, -0.25) is 0 Å². The number of aliphatic hydroxyl groups is 3. The summed E-state index contributed by atoms with van der Waals surface area (Å²) in [4.78, 5) is 10.7. The van der Waals surface area contributed by atoms with Crippen LogP contribution in [0.1, 0.15) is 5.56 Å². The smallest absolute Gasteiger partial charge is 0.412 e. The molecule has 1 aromatic carbocycles. The first-order valence-corrected chi connectivity index (χ1v) is 9.70. The molecule has 1 aliphatic heterocycles. The second kappa shape index (κ2) is 9.51. The van der Waals surface area contributed by atoms with Gasteiger partial charge in [0.2, 0.25) is 0 Å². The Morgan fingerprint density at radius 2 is 1.78 bits per heavy atom. The van der Waals surface area contributed by atoms with Crippen molar-refractivity contribution < 1.29 is 42.2 Å². The van der Waals surface area contributed by atoms with Gasteiger partial charge in [-0.1, -0.05) is 0 Å². The number of carboxylic acids is 1.